The molecule has 0 radical (unpaired) electrons. The van der Waals surface area contributed by atoms with Crippen LogP contribution in [0.1, 0.15) is 13.3 Å². The summed E-state index contributed by atoms with van der Waals surface area (Å²) in [5.41, 5.74) is 7.77. The second kappa shape index (κ2) is 3.93. The molecule has 3 heteroatoms. The predicted octanol–water partition coefficient (Wildman–Crippen LogP) is 3.01. The molecule has 0 saturated heterocycles. The minimum absolute atomic E-state index is 0.699. The molecule has 1 aliphatic carbocycles. The van der Waals surface area contributed by atoms with E-state index in [4.69, 9.17) is 17.3 Å². The zero-order chi connectivity index (χ0) is 11.0. The fraction of sp³-hybridized carbons (Fsp3) is 0.500. The van der Waals surface area contributed by atoms with Gasteiger partial charge in [0.1, 0.15) is 0 Å². The molecule has 0 heterocycles. The van der Waals surface area contributed by atoms with Gasteiger partial charge in [0, 0.05) is 18.6 Å². The quantitative estimate of drug-likeness (QED) is 0.800. The summed E-state index contributed by atoms with van der Waals surface area (Å²) in [5.74, 6) is 1.71. The summed E-state index contributed by atoms with van der Waals surface area (Å²) in [6.07, 6.45) is 1.35. The monoisotopic (exact) mass is 224 g/mol. The molecule has 1 fully saturated rings. The Hall–Kier alpha value is -0.890. The van der Waals surface area contributed by atoms with E-state index in [0.29, 0.717) is 5.02 Å². The van der Waals surface area contributed by atoms with Crippen LogP contribution in [0.15, 0.2) is 18.2 Å². The van der Waals surface area contributed by atoms with Gasteiger partial charge in [0.2, 0.25) is 0 Å². The van der Waals surface area contributed by atoms with Gasteiger partial charge in [-0.05, 0) is 36.5 Å². The highest BCUT2D eigenvalue weighted by Gasteiger charge is 2.33. The fourth-order valence-electron chi connectivity index (χ4n) is 1.98. The van der Waals surface area contributed by atoms with E-state index in [1.54, 1.807) is 0 Å². The van der Waals surface area contributed by atoms with Gasteiger partial charge in [-0.2, -0.15) is 0 Å². The average Bonchev–Trinajstić information content (AvgIpc) is 2.81. The first-order valence-corrected chi connectivity index (χ1v) is 5.72. The number of nitrogens with zero attached hydrogens (tertiary/aromatic N) is 1. The lowest BCUT2D eigenvalue weighted by molar-refractivity contribution is 0.726. The van der Waals surface area contributed by atoms with E-state index in [0.717, 1.165) is 29.8 Å². The molecule has 1 aliphatic rings. The molecular formula is C12H17ClN2. The molecule has 1 aromatic carbocycles. The number of rotatable bonds is 3. The molecule has 15 heavy (non-hydrogen) atoms. The Morgan fingerprint density at radius 1 is 1.53 bits per heavy atom. The molecule has 2 nitrogen and oxygen atoms in total. The van der Waals surface area contributed by atoms with Crippen molar-refractivity contribution in [2.24, 2.45) is 11.8 Å². The second-order valence-electron chi connectivity index (χ2n) is 4.56. The van der Waals surface area contributed by atoms with Gasteiger partial charge in [-0.25, -0.2) is 0 Å². The Morgan fingerprint density at radius 2 is 2.20 bits per heavy atom. The summed E-state index contributed by atoms with van der Waals surface area (Å²) in [7, 11) is 2.09. The highest BCUT2D eigenvalue weighted by molar-refractivity contribution is 6.31. The summed E-state index contributed by atoms with van der Waals surface area (Å²) < 4.78 is 0. The third kappa shape index (κ3) is 2.37. The van der Waals surface area contributed by atoms with Crippen molar-refractivity contribution in [1.82, 2.24) is 0 Å². The summed E-state index contributed by atoms with van der Waals surface area (Å²) in [4.78, 5) is 2.22. The average molecular weight is 225 g/mol. The van der Waals surface area contributed by atoms with Gasteiger partial charge in [0.15, 0.2) is 0 Å². The van der Waals surface area contributed by atoms with Crippen LogP contribution in [-0.2, 0) is 0 Å². The highest BCUT2D eigenvalue weighted by atomic mass is 35.5. The van der Waals surface area contributed by atoms with Gasteiger partial charge in [-0.1, -0.05) is 18.5 Å². The Bertz CT molecular complexity index is 365. The first-order valence-electron chi connectivity index (χ1n) is 5.34. The van der Waals surface area contributed by atoms with Crippen molar-refractivity contribution in [1.29, 1.82) is 0 Å². The minimum atomic E-state index is 0.699. The lowest BCUT2D eigenvalue weighted by Gasteiger charge is -2.21. The predicted molar refractivity (Wildman–Crippen MR) is 66.4 cm³/mol. The van der Waals surface area contributed by atoms with E-state index >= 15 is 0 Å². The molecule has 0 spiro atoms. The molecule has 0 aliphatic heterocycles. The van der Waals surface area contributed by atoms with Crippen molar-refractivity contribution in [2.75, 3.05) is 24.2 Å². The summed E-state index contributed by atoms with van der Waals surface area (Å²) in [6.45, 7) is 3.39. The number of nitrogen functional groups attached to an aromatic ring is 1. The molecule has 0 aromatic heterocycles. The van der Waals surface area contributed by atoms with E-state index in [9.17, 15) is 0 Å². The van der Waals surface area contributed by atoms with Crippen LogP contribution in [0.25, 0.3) is 0 Å². The Balaban J connectivity index is 2.07. The van der Waals surface area contributed by atoms with Gasteiger partial charge < -0.3 is 10.6 Å². The van der Waals surface area contributed by atoms with Gasteiger partial charge in [0.25, 0.3) is 0 Å². The van der Waals surface area contributed by atoms with Gasteiger partial charge >= 0.3 is 0 Å². The summed E-state index contributed by atoms with van der Waals surface area (Å²) in [6, 6.07) is 5.69. The van der Waals surface area contributed by atoms with Crippen molar-refractivity contribution < 1.29 is 0 Å². The number of halogens is 1. The third-order valence-electron chi connectivity index (χ3n) is 3.19. The lowest BCUT2D eigenvalue weighted by atomic mass is 10.2. The van der Waals surface area contributed by atoms with Crippen LogP contribution in [0.4, 0.5) is 11.4 Å². The van der Waals surface area contributed by atoms with Crippen LogP contribution in [-0.4, -0.2) is 13.6 Å². The molecule has 0 bridgehead atoms. The van der Waals surface area contributed by atoms with Crippen molar-refractivity contribution in [3.05, 3.63) is 23.2 Å². The fourth-order valence-corrected chi connectivity index (χ4v) is 2.16. The first-order chi connectivity index (χ1) is 7.08. The van der Waals surface area contributed by atoms with Crippen LogP contribution in [0.2, 0.25) is 5.02 Å². The molecule has 2 N–H and O–H groups in total. The summed E-state index contributed by atoms with van der Waals surface area (Å²) >= 11 is 5.86. The van der Waals surface area contributed by atoms with Crippen LogP contribution >= 0.6 is 11.6 Å². The SMILES string of the molecule is CC1CC1CN(C)c1ccc(Cl)cc1N. The molecule has 2 rings (SSSR count). The smallest absolute Gasteiger partial charge is 0.0598 e. The topological polar surface area (TPSA) is 29.3 Å². The van der Waals surface area contributed by atoms with Crippen LogP contribution in [0.5, 0.6) is 0 Å². The van der Waals surface area contributed by atoms with Crippen LogP contribution in [0.3, 0.4) is 0 Å². The standard InChI is InChI=1S/C12H17ClN2/c1-8-5-9(8)7-15(2)12-4-3-10(13)6-11(12)14/h3-4,6,8-9H,5,7,14H2,1-2H3. The molecule has 1 saturated carbocycles. The molecule has 2 atom stereocenters. The number of hydrogen-bond donors (Lipinski definition) is 1. The van der Waals surface area contributed by atoms with E-state index in [2.05, 4.69) is 18.9 Å². The molecular weight excluding hydrogens is 208 g/mol. The van der Waals surface area contributed by atoms with Gasteiger partial charge in [-0.15, -0.1) is 0 Å². The highest BCUT2D eigenvalue weighted by Crippen LogP contribution is 2.39. The third-order valence-corrected chi connectivity index (χ3v) is 3.42. The molecule has 0 amide bonds. The van der Waals surface area contributed by atoms with Crippen molar-refractivity contribution in [2.45, 2.75) is 13.3 Å². The number of anilines is 2. The largest absolute Gasteiger partial charge is 0.397 e. The van der Waals surface area contributed by atoms with Gasteiger partial charge in [-0.3, -0.25) is 0 Å². The van der Waals surface area contributed by atoms with Crippen molar-refractivity contribution in [3.63, 3.8) is 0 Å². The van der Waals surface area contributed by atoms with Gasteiger partial charge in [0.05, 0.1) is 11.4 Å². The second-order valence-corrected chi connectivity index (χ2v) is 4.99. The zero-order valence-electron chi connectivity index (χ0n) is 9.20. The van der Waals surface area contributed by atoms with Crippen LogP contribution < -0.4 is 10.6 Å². The van der Waals surface area contributed by atoms with E-state index in [-0.39, 0.29) is 0 Å². The number of nitrogens with two attached hydrogens (primary N) is 1. The normalized spacial score (nSPS) is 23.9. The summed E-state index contributed by atoms with van der Waals surface area (Å²) in [5, 5.41) is 0.699. The minimum Gasteiger partial charge on any atom is -0.397 e. The van der Waals surface area contributed by atoms with E-state index in [1.807, 2.05) is 18.2 Å². The lowest BCUT2D eigenvalue weighted by Crippen LogP contribution is -2.21. The Labute approximate surface area is 96.0 Å². The van der Waals surface area contributed by atoms with E-state index in [1.165, 1.54) is 6.42 Å². The Morgan fingerprint density at radius 3 is 2.73 bits per heavy atom. The van der Waals surface area contributed by atoms with Crippen LogP contribution in [0, 0.1) is 11.8 Å². The Kier molecular flexibility index (Phi) is 2.79. The maximum atomic E-state index is 5.93. The molecule has 1 aromatic rings. The molecule has 2 unspecified atom stereocenters. The van der Waals surface area contributed by atoms with E-state index < -0.39 is 0 Å². The number of hydrogen-bond acceptors (Lipinski definition) is 2. The maximum absolute atomic E-state index is 5.93. The van der Waals surface area contributed by atoms with Crippen molar-refractivity contribution >= 4 is 23.0 Å². The number of benzene rings is 1. The molecule has 82 valence electrons. The maximum Gasteiger partial charge on any atom is 0.0598 e. The van der Waals surface area contributed by atoms with Crippen molar-refractivity contribution in [3.8, 4) is 0 Å². The first kappa shape index (κ1) is 10.6. The zero-order valence-corrected chi connectivity index (χ0v) is 9.96.